The van der Waals surface area contributed by atoms with Gasteiger partial charge in [-0.05, 0) is 43.9 Å². The van der Waals surface area contributed by atoms with Crippen LogP contribution in [0.15, 0.2) is 29.8 Å². The quantitative estimate of drug-likeness (QED) is 0.593. The van der Waals surface area contributed by atoms with Crippen LogP contribution in [0.5, 0.6) is 0 Å². The molecule has 1 aliphatic carbocycles. The van der Waals surface area contributed by atoms with Gasteiger partial charge in [-0.25, -0.2) is 4.39 Å². The fourth-order valence-electron chi connectivity index (χ4n) is 2.72. The van der Waals surface area contributed by atoms with Crippen LogP contribution in [0.3, 0.4) is 0 Å². The van der Waals surface area contributed by atoms with E-state index in [-0.39, 0.29) is 11.8 Å². The van der Waals surface area contributed by atoms with Crippen molar-refractivity contribution in [2.24, 2.45) is 0 Å². The predicted octanol–water partition coefficient (Wildman–Crippen LogP) is 3.29. The van der Waals surface area contributed by atoms with Gasteiger partial charge in [0.1, 0.15) is 11.2 Å². The van der Waals surface area contributed by atoms with Crippen LogP contribution in [-0.4, -0.2) is 13.1 Å². The van der Waals surface area contributed by atoms with Gasteiger partial charge in [0.15, 0.2) is 0 Å². The van der Waals surface area contributed by atoms with Gasteiger partial charge in [-0.1, -0.05) is 23.8 Å². The standard InChI is InChI=1S/C15H17FO2/c1-10-7-8-15(9-10,14(17)18-3)12-5-4-6-13(16)11(12)2/h4-6,9H,7-8H2,1-3H3. The van der Waals surface area contributed by atoms with Gasteiger partial charge in [0, 0.05) is 0 Å². The highest BCUT2D eigenvalue weighted by Crippen LogP contribution is 2.41. The molecule has 1 atom stereocenters. The van der Waals surface area contributed by atoms with Crippen molar-refractivity contribution in [1.29, 1.82) is 0 Å². The second kappa shape index (κ2) is 4.56. The number of esters is 1. The average molecular weight is 248 g/mol. The van der Waals surface area contributed by atoms with Gasteiger partial charge < -0.3 is 4.74 Å². The molecule has 0 heterocycles. The van der Waals surface area contributed by atoms with E-state index in [0.29, 0.717) is 17.5 Å². The molecule has 0 N–H and O–H groups in total. The molecule has 2 rings (SSSR count). The third-order valence-electron chi connectivity index (χ3n) is 3.70. The Balaban J connectivity index is 2.62. The number of hydrogen-bond donors (Lipinski definition) is 0. The first-order valence-electron chi connectivity index (χ1n) is 6.03. The Kier molecular flexibility index (Phi) is 3.24. The summed E-state index contributed by atoms with van der Waals surface area (Å²) in [7, 11) is 1.38. The molecule has 0 fully saturated rings. The molecule has 0 amide bonds. The third kappa shape index (κ3) is 1.84. The van der Waals surface area contributed by atoms with Gasteiger partial charge in [-0.2, -0.15) is 0 Å². The van der Waals surface area contributed by atoms with Crippen LogP contribution in [0.2, 0.25) is 0 Å². The fourth-order valence-corrected chi connectivity index (χ4v) is 2.72. The molecule has 0 bridgehead atoms. The van der Waals surface area contributed by atoms with Crippen molar-refractivity contribution >= 4 is 5.97 Å². The highest BCUT2D eigenvalue weighted by molar-refractivity contribution is 5.87. The smallest absolute Gasteiger partial charge is 0.320 e. The molecular weight excluding hydrogens is 231 g/mol. The van der Waals surface area contributed by atoms with Gasteiger partial charge in [0.2, 0.25) is 0 Å². The Morgan fingerprint density at radius 1 is 1.39 bits per heavy atom. The summed E-state index contributed by atoms with van der Waals surface area (Å²) in [6, 6.07) is 4.86. The second-order valence-corrected chi connectivity index (χ2v) is 4.87. The van der Waals surface area contributed by atoms with E-state index >= 15 is 0 Å². The highest BCUT2D eigenvalue weighted by atomic mass is 19.1. The van der Waals surface area contributed by atoms with Gasteiger partial charge in [0.25, 0.3) is 0 Å². The molecule has 0 aliphatic heterocycles. The number of carbonyl (C=O) groups is 1. The third-order valence-corrected chi connectivity index (χ3v) is 3.70. The van der Waals surface area contributed by atoms with Gasteiger partial charge in [0.05, 0.1) is 7.11 Å². The minimum Gasteiger partial charge on any atom is -0.468 e. The number of benzene rings is 1. The van der Waals surface area contributed by atoms with Crippen molar-refractivity contribution in [2.75, 3.05) is 7.11 Å². The summed E-state index contributed by atoms with van der Waals surface area (Å²) >= 11 is 0. The number of carbonyl (C=O) groups excluding carboxylic acids is 1. The van der Waals surface area contributed by atoms with Crippen LogP contribution in [0.1, 0.15) is 30.9 Å². The van der Waals surface area contributed by atoms with Crippen molar-refractivity contribution in [1.82, 2.24) is 0 Å². The summed E-state index contributed by atoms with van der Waals surface area (Å²) in [5.41, 5.74) is 1.56. The molecule has 0 aromatic heterocycles. The van der Waals surface area contributed by atoms with Crippen LogP contribution in [0, 0.1) is 12.7 Å². The van der Waals surface area contributed by atoms with E-state index < -0.39 is 5.41 Å². The first kappa shape index (κ1) is 12.8. The van der Waals surface area contributed by atoms with Crippen molar-refractivity contribution in [3.63, 3.8) is 0 Å². The molecule has 96 valence electrons. The van der Waals surface area contributed by atoms with Gasteiger partial charge in [-0.3, -0.25) is 4.79 Å². The summed E-state index contributed by atoms with van der Waals surface area (Å²) in [5.74, 6) is -0.596. The second-order valence-electron chi connectivity index (χ2n) is 4.87. The average Bonchev–Trinajstić information content (AvgIpc) is 2.75. The minimum absolute atomic E-state index is 0.284. The molecule has 1 aliphatic rings. The lowest BCUT2D eigenvalue weighted by molar-refractivity contribution is -0.145. The van der Waals surface area contributed by atoms with E-state index in [0.717, 1.165) is 12.0 Å². The van der Waals surface area contributed by atoms with Crippen molar-refractivity contribution in [3.8, 4) is 0 Å². The normalized spacial score (nSPS) is 22.8. The predicted molar refractivity (Wildman–Crippen MR) is 67.8 cm³/mol. The number of halogens is 1. The highest BCUT2D eigenvalue weighted by Gasteiger charge is 2.43. The van der Waals surface area contributed by atoms with E-state index in [1.165, 1.54) is 13.2 Å². The first-order valence-corrected chi connectivity index (χ1v) is 6.03. The van der Waals surface area contributed by atoms with Crippen LogP contribution < -0.4 is 0 Å². The van der Waals surface area contributed by atoms with Crippen LogP contribution in [0.4, 0.5) is 4.39 Å². The largest absolute Gasteiger partial charge is 0.468 e. The lowest BCUT2D eigenvalue weighted by atomic mass is 9.78. The van der Waals surface area contributed by atoms with E-state index in [1.807, 2.05) is 19.1 Å². The summed E-state index contributed by atoms with van der Waals surface area (Å²) in [6.45, 7) is 3.69. The van der Waals surface area contributed by atoms with E-state index in [4.69, 9.17) is 4.74 Å². The molecule has 1 unspecified atom stereocenters. The number of allylic oxidation sites excluding steroid dienone is 1. The minimum atomic E-state index is -0.814. The van der Waals surface area contributed by atoms with Crippen molar-refractivity contribution < 1.29 is 13.9 Å². The summed E-state index contributed by atoms with van der Waals surface area (Å²) in [4.78, 5) is 12.2. The Bertz CT molecular complexity index is 519. The molecule has 0 spiro atoms. The monoisotopic (exact) mass is 248 g/mol. The number of hydrogen-bond acceptors (Lipinski definition) is 2. The molecular formula is C15H17FO2. The molecule has 2 nitrogen and oxygen atoms in total. The Morgan fingerprint density at radius 3 is 2.67 bits per heavy atom. The summed E-state index contributed by atoms with van der Waals surface area (Å²) in [5, 5.41) is 0. The molecule has 1 aromatic carbocycles. The Morgan fingerprint density at radius 2 is 2.11 bits per heavy atom. The van der Waals surface area contributed by atoms with Gasteiger partial charge >= 0.3 is 5.97 Å². The molecule has 3 heteroatoms. The number of rotatable bonds is 2. The zero-order chi connectivity index (χ0) is 13.3. The van der Waals surface area contributed by atoms with Crippen LogP contribution in [0.25, 0.3) is 0 Å². The number of methoxy groups -OCH3 is 1. The summed E-state index contributed by atoms with van der Waals surface area (Å²) < 4.78 is 18.6. The van der Waals surface area contributed by atoms with Crippen LogP contribution in [-0.2, 0) is 14.9 Å². The topological polar surface area (TPSA) is 26.3 Å². The molecule has 0 radical (unpaired) electrons. The molecule has 0 saturated carbocycles. The van der Waals surface area contributed by atoms with E-state index in [2.05, 4.69) is 0 Å². The van der Waals surface area contributed by atoms with Crippen LogP contribution >= 0.6 is 0 Å². The zero-order valence-electron chi connectivity index (χ0n) is 10.9. The maximum Gasteiger partial charge on any atom is 0.320 e. The molecule has 18 heavy (non-hydrogen) atoms. The van der Waals surface area contributed by atoms with Gasteiger partial charge in [-0.15, -0.1) is 0 Å². The van der Waals surface area contributed by atoms with Crippen molar-refractivity contribution in [3.05, 3.63) is 46.8 Å². The van der Waals surface area contributed by atoms with E-state index in [9.17, 15) is 9.18 Å². The zero-order valence-corrected chi connectivity index (χ0v) is 10.9. The lowest BCUT2D eigenvalue weighted by Crippen LogP contribution is -2.34. The lowest BCUT2D eigenvalue weighted by Gasteiger charge is -2.26. The maximum absolute atomic E-state index is 13.7. The summed E-state index contributed by atoms with van der Waals surface area (Å²) in [6.07, 6.45) is 3.40. The SMILES string of the molecule is COC(=O)C1(c2cccc(F)c2C)C=C(C)CC1. The Hall–Kier alpha value is -1.64. The molecule has 0 saturated heterocycles. The first-order chi connectivity index (χ1) is 8.51. The Labute approximate surface area is 106 Å². The fraction of sp³-hybridized carbons (Fsp3) is 0.400. The van der Waals surface area contributed by atoms with Crippen molar-refractivity contribution in [2.45, 2.75) is 32.1 Å². The van der Waals surface area contributed by atoms with E-state index in [1.54, 1.807) is 13.0 Å². The maximum atomic E-state index is 13.7. The number of ether oxygens (including phenoxy) is 1. The molecule has 1 aromatic rings.